The van der Waals surface area contributed by atoms with Crippen LogP contribution in [0.25, 0.3) is 0 Å². The number of rotatable bonds is 4. The second-order valence-corrected chi connectivity index (χ2v) is 6.65. The second kappa shape index (κ2) is 10.4. The number of carbonyl (C=O) groups excluding carboxylic acids is 1. The number of halogens is 1. The quantitative estimate of drug-likeness (QED) is 0.676. The summed E-state index contributed by atoms with van der Waals surface area (Å²) in [5.41, 5.74) is 3.56. The molecule has 0 atom stereocenters. The lowest BCUT2D eigenvalue weighted by Crippen LogP contribution is -2.33. The van der Waals surface area contributed by atoms with Crippen molar-refractivity contribution in [2.45, 2.75) is 19.4 Å². The molecule has 0 saturated heterocycles. The predicted octanol–water partition coefficient (Wildman–Crippen LogP) is 2.88. The molecule has 8 heteroatoms. The van der Waals surface area contributed by atoms with Crippen LogP contribution in [0.4, 0.5) is 5.69 Å². The van der Waals surface area contributed by atoms with Crippen molar-refractivity contribution in [1.82, 2.24) is 4.90 Å². The van der Waals surface area contributed by atoms with Gasteiger partial charge in [-0.3, -0.25) is 9.69 Å². The third-order valence-corrected chi connectivity index (χ3v) is 4.39. The molecule has 7 nitrogen and oxygen atoms in total. The number of anilines is 1. The van der Waals surface area contributed by atoms with Gasteiger partial charge < -0.3 is 15.5 Å². The number of amides is 1. The number of carboxylic acid groups (broad SMARTS) is 2. The molecule has 1 aliphatic rings. The molecule has 0 saturated carbocycles. The molecule has 1 aliphatic heterocycles. The average molecular weight is 405 g/mol. The Labute approximate surface area is 167 Å². The number of benzene rings is 2. The summed E-state index contributed by atoms with van der Waals surface area (Å²) in [5.74, 6) is -3.62. The Morgan fingerprint density at radius 3 is 2.32 bits per heavy atom. The largest absolute Gasteiger partial charge is 0.473 e. The molecule has 0 unspecified atom stereocenters. The highest BCUT2D eigenvalue weighted by Crippen LogP contribution is 2.19. The molecule has 0 spiro atoms. The lowest BCUT2D eigenvalue weighted by atomic mass is 10.00. The van der Waals surface area contributed by atoms with E-state index in [1.165, 1.54) is 11.1 Å². The first kappa shape index (κ1) is 21.4. The van der Waals surface area contributed by atoms with Gasteiger partial charge >= 0.3 is 11.9 Å². The molecule has 2 aromatic carbocycles. The summed E-state index contributed by atoms with van der Waals surface area (Å²) in [5, 5.41) is 18.3. The van der Waals surface area contributed by atoms with E-state index < -0.39 is 11.9 Å². The van der Waals surface area contributed by atoms with Crippen LogP contribution in [0.2, 0.25) is 5.02 Å². The molecule has 0 aromatic heterocycles. The Hall–Kier alpha value is -2.90. The number of carboxylic acids is 2. The standard InChI is InChI=1S/C18H19ClN2O.C2H2O4/c19-16-6-3-7-17(12-16)20-18(22)9-11-21-10-8-14-4-1-2-5-15(14)13-21;3-1(4)2(5)6/h1-7,12H,8-11,13H2,(H,20,22);(H,3,4)(H,5,6). The fourth-order valence-corrected chi connectivity index (χ4v) is 2.98. The van der Waals surface area contributed by atoms with Crippen molar-refractivity contribution in [2.24, 2.45) is 0 Å². The monoisotopic (exact) mass is 404 g/mol. The van der Waals surface area contributed by atoms with Crippen LogP contribution in [0.3, 0.4) is 0 Å². The molecule has 2 aromatic rings. The Kier molecular flexibility index (Phi) is 7.98. The minimum Gasteiger partial charge on any atom is -0.473 e. The number of nitrogens with one attached hydrogen (secondary N) is 1. The van der Waals surface area contributed by atoms with Gasteiger partial charge in [-0.2, -0.15) is 0 Å². The molecular formula is C20H21ClN2O5. The van der Waals surface area contributed by atoms with Crippen LogP contribution in [-0.4, -0.2) is 46.0 Å². The first-order valence-corrected chi connectivity index (χ1v) is 9.03. The summed E-state index contributed by atoms with van der Waals surface area (Å²) in [6, 6.07) is 15.8. The number of hydrogen-bond donors (Lipinski definition) is 3. The summed E-state index contributed by atoms with van der Waals surface area (Å²) in [6.45, 7) is 2.73. The van der Waals surface area contributed by atoms with Gasteiger partial charge in [0.25, 0.3) is 0 Å². The summed E-state index contributed by atoms with van der Waals surface area (Å²) in [6.07, 6.45) is 1.56. The van der Waals surface area contributed by atoms with Gasteiger partial charge in [-0.05, 0) is 35.7 Å². The lowest BCUT2D eigenvalue weighted by Gasteiger charge is -2.28. The fourth-order valence-electron chi connectivity index (χ4n) is 2.79. The van der Waals surface area contributed by atoms with Crippen LogP contribution in [-0.2, 0) is 27.3 Å². The molecule has 28 heavy (non-hydrogen) atoms. The van der Waals surface area contributed by atoms with Gasteiger partial charge in [0.15, 0.2) is 0 Å². The number of carbonyl (C=O) groups is 3. The number of fused-ring (bicyclic) bond motifs is 1. The maximum absolute atomic E-state index is 12.0. The van der Waals surface area contributed by atoms with E-state index in [0.29, 0.717) is 11.4 Å². The van der Waals surface area contributed by atoms with E-state index in [1.54, 1.807) is 12.1 Å². The molecule has 3 rings (SSSR count). The van der Waals surface area contributed by atoms with Crippen LogP contribution < -0.4 is 5.32 Å². The van der Waals surface area contributed by atoms with E-state index >= 15 is 0 Å². The molecule has 1 heterocycles. The zero-order valence-corrected chi connectivity index (χ0v) is 15.9. The van der Waals surface area contributed by atoms with Crippen molar-refractivity contribution >= 4 is 35.1 Å². The molecule has 0 bridgehead atoms. The van der Waals surface area contributed by atoms with Crippen LogP contribution in [0.1, 0.15) is 17.5 Å². The normalized spacial score (nSPS) is 12.9. The molecule has 3 N–H and O–H groups in total. The van der Waals surface area contributed by atoms with E-state index in [0.717, 1.165) is 31.7 Å². The van der Waals surface area contributed by atoms with Gasteiger partial charge in [0.1, 0.15) is 0 Å². The Morgan fingerprint density at radius 2 is 1.68 bits per heavy atom. The van der Waals surface area contributed by atoms with Gasteiger partial charge in [-0.15, -0.1) is 0 Å². The van der Waals surface area contributed by atoms with Crippen molar-refractivity contribution < 1.29 is 24.6 Å². The summed E-state index contributed by atoms with van der Waals surface area (Å²) in [4.78, 5) is 32.6. The number of nitrogens with zero attached hydrogens (tertiary/aromatic N) is 1. The summed E-state index contributed by atoms with van der Waals surface area (Å²) in [7, 11) is 0. The van der Waals surface area contributed by atoms with E-state index in [1.807, 2.05) is 12.1 Å². The van der Waals surface area contributed by atoms with Crippen LogP contribution in [0.5, 0.6) is 0 Å². The van der Waals surface area contributed by atoms with Gasteiger partial charge in [0.2, 0.25) is 5.91 Å². The lowest BCUT2D eigenvalue weighted by molar-refractivity contribution is -0.159. The van der Waals surface area contributed by atoms with Crippen LogP contribution in [0.15, 0.2) is 48.5 Å². The third kappa shape index (κ3) is 7.02. The van der Waals surface area contributed by atoms with Crippen LogP contribution >= 0.6 is 11.6 Å². The van der Waals surface area contributed by atoms with Gasteiger partial charge in [-0.25, -0.2) is 9.59 Å². The molecule has 0 radical (unpaired) electrons. The van der Waals surface area contributed by atoms with Gasteiger partial charge in [0.05, 0.1) is 0 Å². The summed E-state index contributed by atoms with van der Waals surface area (Å²) >= 11 is 5.92. The predicted molar refractivity (Wildman–Crippen MR) is 105 cm³/mol. The summed E-state index contributed by atoms with van der Waals surface area (Å²) < 4.78 is 0. The molecule has 1 amide bonds. The van der Waals surface area contributed by atoms with Crippen molar-refractivity contribution in [3.8, 4) is 0 Å². The zero-order chi connectivity index (χ0) is 20.5. The van der Waals surface area contributed by atoms with Gasteiger partial charge in [0, 0.05) is 36.8 Å². The highest BCUT2D eigenvalue weighted by Gasteiger charge is 2.16. The van der Waals surface area contributed by atoms with E-state index in [9.17, 15) is 4.79 Å². The van der Waals surface area contributed by atoms with E-state index in [4.69, 9.17) is 31.4 Å². The molecule has 0 aliphatic carbocycles. The van der Waals surface area contributed by atoms with E-state index in [-0.39, 0.29) is 5.91 Å². The van der Waals surface area contributed by atoms with Crippen molar-refractivity contribution in [3.63, 3.8) is 0 Å². The average Bonchev–Trinajstić information content (AvgIpc) is 2.66. The smallest absolute Gasteiger partial charge is 0.414 e. The minimum absolute atomic E-state index is 0.0288. The second-order valence-electron chi connectivity index (χ2n) is 6.21. The maximum atomic E-state index is 12.0. The topological polar surface area (TPSA) is 107 Å². The molecule has 148 valence electrons. The Bertz CT molecular complexity index is 844. The first-order chi connectivity index (χ1) is 13.3. The minimum atomic E-state index is -1.82. The molecular weight excluding hydrogens is 384 g/mol. The van der Waals surface area contributed by atoms with Gasteiger partial charge in [-0.1, -0.05) is 41.9 Å². The SMILES string of the molecule is O=C(CCN1CCc2ccccc2C1)Nc1cccc(Cl)c1.O=C(O)C(=O)O. The highest BCUT2D eigenvalue weighted by molar-refractivity contribution is 6.30. The first-order valence-electron chi connectivity index (χ1n) is 8.66. The third-order valence-electron chi connectivity index (χ3n) is 4.16. The fraction of sp³-hybridized carbons (Fsp3) is 0.250. The van der Waals surface area contributed by atoms with E-state index in [2.05, 4.69) is 34.5 Å². The highest BCUT2D eigenvalue weighted by atomic mass is 35.5. The molecule has 0 fully saturated rings. The maximum Gasteiger partial charge on any atom is 0.414 e. The zero-order valence-electron chi connectivity index (χ0n) is 15.1. The van der Waals surface area contributed by atoms with Crippen molar-refractivity contribution in [3.05, 3.63) is 64.7 Å². The van der Waals surface area contributed by atoms with Crippen LogP contribution in [0, 0.1) is 0 Å². The number of hydrogen-bond acceptors (Lipinski definition) is 4. The Morgan fingerprint density at radius 1 is 1.00 bits per heavy atom. The van der Waals surface area contributed by atoms with Crippen molar-refractivity contribution in [2.75, 3.05) is 18.4 Å². The number of aliphatic carboxylic acids is 2. The Balaban J connectivity index is 0.000000409. The van der Waals surface area contributed by atoms with Crippen molar-refractivity contribution in [1.29, 1.82) is 0 Å².